The van der Waals surface area contributed by atoms with Crippen molar-refractivity contribution in [2.45, 2.75) is 143 Å². The van der Waals surface area contributed by atoms with E-state index in [0.717, 1.165) is 37.7 Å². The van der Waals surface area contributed by atoms with E-state index in [1.54, 1.807) is 6.92 Å². The van der Waals surface area contributed by atoms with Crippen LogP contribution < -0.4 is 0 Å². The molecule has 4 saturated carbocycles. The number of fused-ring (bicyclic) bond motifs is 7. The quantitative estimate of drug-likeness (QED) is 0.213. The normalized spacial score (nSPS) is 54.0. The number of ether oxygens (including phenoxy) is 2. The van der Waals surface area contributed by atoms with E-state index in [9.17, 15) is 35.1 Å². The third kappa shape index (κ3) is 4.28. The van der Waals surface area contributed by atoms with Crippen molar-refractivity contribution in [1.29, 1.82) is 0 Å². The van der Waals surface area contributed by atoms with Crippen LogP contribution in [-0.4, -0.2) is 74.3 Å². The van der Waals surface area contributed by atoms with Gasteiger partial charge in [-0.25, -0.2) is 0 Å². The number of carboxylic acid groups (broad SMARTS) is 2. The molecule has 9 nitrogen and oxygen atoms in total. The van der Waals surface area contributed by atoms with Crippen LogP contribution in [0.4, 0.5) is 0 Å². The summed E-state index contributed by atoms with van der Waals surface area (Å²) in [4.78, 5) is 26.8. The fraction of sp³-hybridized carbons (Fsp3) is 0.889. The molecule has 1 saturated heterocycles. The topological polar surface area (TPSA) is 154 Å². The number of rotatable bonds is 4. The summed E-state index contributed by atoms with van der Waals surface area (Å²) in [7, 11) is 0. The number of allylic oxidation sites excluding steroid dienone is 1. The van der Waals surface area contributed by atoms with E-state index in [1.807, 2.05) is 0 Å². The van der Waals surface area contributed by atoms with Crippen molar-refractivity contribution in [3.05, 3.63) is 11.6 Å². The fourth-order valence-electron chi connectivity index (χ4n) is 12.5. The molecule has 0 aromatic heterocycles. The van der Waals surface area contributed by atoms with E-state index in [1.165, 1.54) is 0 Å². The highest BCUT2D eigenvalue weighted by molar-refractivity contribution is 5.84. The molecule has 0 radical (unpaired) electrons. The number of hydrogen-bond donors (Lipinski definition) is 5. The fourth-order valence-corrected chi connectivity index (χ4v) is 12.5. The van der Waals surface area contributed by atoms with Gasteiger partial charge in [0.1, 0.15) is 18.3 Å². The first kappa shape index (κ1) is 33.4. The van der Waals surface area contributed by atoms with Gasteiger partial charge in [-0.2, -0.15) is 0 Å². The van der Waals surface area contributed by atoms with Gasteiger partial charge in [0, 0.05) is 0 Å². The van der Waals surface area contributed by atoms with Gasteiger partial charge in [0.15, 0.2) is 6.29 Å². The molecule has 45 heavy (non-hydrogen) atoms. The largest absolute Gasteiger partial charge is 0.481 e. The SMILES string of the molecule is C[C@H]1[C@H](C)CC[C@]2(C(=O)O)CC[C@]3(C(=O)O)C(=CC[C@@H]4[C@@]5(C)CC[C@H](O[C@@H]6O[C@@H](C)[C@H](O)[C@@H](O)[C@H]6O)C(C)(C)[C@H]5CC[C@]43C)[C@@H]12. The summed E-state index contributed by atoms with van der Waals surface area (Å²) in [5.74, 6) is -1.08. The molecule has 0 unspecified atom stereocenters. The van der Waals surface area contributed by atoms with Gasteiger partial charge < -0.3 is 35.0 Å². The summed E-state index contributed by atoms with van der Waals surface area (Å²) >= 11 is 0. The second kappa shape index (κ2) is 10.7. The van der Waals surface area contributed by atoms with E-state index in [0.29, 0.717) is 31.6 Å². The third-order valence-corrected chi connectivity index (χ3v) is 15.3. The van der Waals surface area contributed by atoms with E-state index in [4.69, 9.17) is 9.47 Å². The third-order valence-electron chi connectivity index (χ3n) is 15.3. The molecule has 5 aliphatic carbocycles. The van der Waals surface area contributed by atoms with E-state index < -0.39 is 58.9 Å². The van der Waals surface area contributed by atoms with Crippen molar-refractivity contribution in [3.63, 3.8) is 0 Å². The van der Waals surface area contributed by atoms with Crippen LogP contribution in [0.5, 0.6) is 0 Å². The Morgan fingerprint density at radius 2 is 1.51 bits per heavy atom. The standard InChI is InChI=1S/C36H56O9/c1-18-10-15-35(30(40)41)16-17-36(31(42)43)21(25(35)19(18)2)8-9-23-33(6)13-12-24(32(4,5)22(33)11-14-34(23,36)7)45-29-28(39)27(38)26(37)20(3)44-29/h8,18-20,22-29,37-39H,9-17H2,1-7H3,(H,40,41)(H,42,43)/t18-,19+,20+,22-,23-,24+,25-,26+,27-,28-,29+,33+,34-,35+,36-/m1/s1. The van der Waals surface area contributed by atoms with E-state index >= 15 is 0 Å². The number of hydrogen-bond acceptors (Lipinski definition) is 7. The number of aliphatic hydroxyl groups is 3. The maximum atomic E-state index is 13.8. The van der Waals surface area contributed by atoms with E-state index in [-0.39, 0.29) is 40.6 Å². The first-order valence-electron chi connectivity index (χ1n) is 17.4. The predicted octanol–water partition coefficient (Wildman–Crippen LogP) is 5.01. The molecule has 1 heterocycles. The summed E-state index contributed by atoms with van der Waals surface area (Å²) in [6.45, 7) is 15.0. The Morgan fingerprint density at radius 1 is 0.822 bits per heavy atom. The van der Waals surface area contributed by atoms with Crippen LogP contribution in [0.1, 0.15) is 106 Å². The molecule has 6 rings (SSSR count). The Labute approximate surface area is 267 Å². The van der Waals surface area contributed by atoms with Crippen LogP contribution in [0.2, 0.25) is 0 Å². The molecule has 0 spiro atoms. The Balaban J connectivity index is 1.35. The van der Waals surface area contributed by atoms with Gasteiger partial charge in [0.05, 0.1) is 23.0 Å². The minimum absolute atomic E-state index is 0.0958. The van der Waals surface area contributed by atoms with Crippen molar-refractivity contribution in [2.75, 3.05) is 0 Å². The highest BCUT2D eigenvalue weighted by atomic mass is 16.7. The summed E-state index contributed by atoms with van der Waals surface area (Å²) in [5, 5.41) is 53.2. The van der Waals surface area contributed by atoms with Gasteiger partial charge in [-0.15, -0.1) is 0 Å². The number of carboxylic acids is 2. The first-order valence-corrected chi connectivity index (χ1v) is 17.4. The van der Waals surface area contributed by atoms with Gasteiger partial charge >= 0.3 is 11.9 Å². The lowest BCUT2D eigenvalue weighted by Gasteiger charge is -2.70. The van der Waals surface area contributed by atoms with Crippen LogP contribution in [0.3, 0.4) is 0 Å². The predicted molar refractivity (Wildman–Crippen MR) is 166 cm³/mol. The summed E-state index contributed by atoms with van der Waals surface area (Å²) in [5.41, 5.74) is -2.13. The van der Waals surface area contributed by atoms with Gasteiger partial charge in [-0.05, 0) is 111 Å². The van der Waals surface area contributed by atoms with Crippen molar-refractivity contribution < 1.29 is 44.6 Å². The molecule has 15 atom stereocenters. The van der Waals surface area contributed by atoms with Crippen molar-refractivity contribution in [2.24, 2.45) is 56.7 Å². The van der Waals surface area contributed by atoms with Crippen LogP contribution in [-0.2, 0) is 19.1 Å². The van der Waals surface area contributed by atoms with Crippen LogP contribution in [0.15, 0.2) is 11.6 Å². The molecule has 0 bridgehead atoms. The summed E-state index contributed by atoms with van der Waals surface area (Å²) in [6, 6.07) is 0. The molecule has 5 N–H and O–H groups in total. The average molecular weight is 633 g/mol. The first-order chi connectivity index (χ1) is 20.9. The lowest BCUT2D eigenvalue weighted by molar-refractivity contribution is -0.324. The summed E-state index contributed by atoms with van der Waals surface area (Å²) < 4.78 is 12.3. The van der Waals surface area contributed by atoms with Crippen molar-refractivity contribution >= 4 is 11.9 Å². The molecular weight excluding hydrogens is 576 g/mol. The average Bonchev–Trinajstić information content (AvgIpc) is 2.97. The molecule has 0 aromatic carbocycles. The number of aliphatic carboxylic acids is 2. The Kier molecular flexibility index (Phi) is 7.97. The minimum Gasteiger partial charge on any atom is -0.481 e. The maximum Gasteiger partial charge on any atom is 0.314 e. The monoisotopic (exact) mass is 632 g/mol. The van der Waals surface area contributed by atoms with Gasteiger partial charge in [0.2, 0.25) is 0 Å². The van der Waals surface area contributed by atoms with Crippen molar-refractivity contribution in [1.82, 2.24) is 0 Å². The molecule has 9 heteroatoms. The Morgan fingerprint density at radius 3 is 2.16 bits per heavy atom. The second-order valence-corrected chi connectivity index (χ2v) is 17.2. The molecule has 5 fully saturated rings. The van der Waals surface area contributed by atoms with Gasteiger partial charge in [-0.3, -0.25) is 9.59 Å². The molecule has 254 valence electrons. The molecule has 1 aliphatic heterocycles. The highest BCUT2D eigenvalue weighted by Gasteiger charge is 2.73. The molecule has 6 aliphatic rings. The van der Waals surface area contributed by atoms with Crippen molar-refractivity contribution in [3.8, 4) is 0 Å². The molecule has 0 aromatic rings. The highest BCUT2D eigenvalue weighted by Crippen LogP contribution is 2.76. The van der Waals surface area contributed by atoms with Gasteiger partial charge in [0.25, 0.3) is 0 Å². The maximum absolute atomic E-state index is 13.8. The second-order valence-electron chi connectivity index (χ2n) is 17.2. The molecular formula is C36H56O9. The lowest BCUT2D eigenvalue weighted by Crippen LogP contribution is -2.68. The van der Waals surface area contributed by atoms with Gasteiger partial charge in [-0.1, -0.05) is 53.2 Å². The number of carbonyl (C=O) groups is 2. The Hall–Kier alpha value is -1.52. The zero-order valence-corrected chi connectivity index (χ0v) is 28.2. The number of aliphatic hydroxyl groups excluding tert-OH is 3. The molecule has 0 amide bonds. The lowest BCUT2D eigenvalue weighted by atomic mass is 9.33. The Bertz CT molecular complexity index is 1250. The van der Waals surface area contributed by atoms with Crippen LogP contribution in [0, 0.1) is 56.7 Å². The van der Waals surface area contributed by atoms with Crippen LogP contribution >= 0.6 is 0 Å². The van der Waals surface area contributed by atoms with E-state index in [2.05, 4.69) is 47.6 Å². The smallest absolute Gasteiger partial charge is 0.314 e. The summed E-state index contributed by atoms with van der Waals surface area (Å²) in [6.07, 6.45) is 2.36. The van der Waals surface area contributed by atoms with Crippen LogP contribution in [0.25, 0.3) is 0 Å². The minimum atomic E-state index is -1.36. The zero-order chi connectivity index (χ0) is 33.1. The zero-order valence-electron chi connectivity index (χ0n) is 28.2.